The molecule has 1 unspecified atom stereocenters. The summed E-state index contributed by atoms with van der Waals surface area (Å²) in [4.78, 5) is 16.1. The Morgan fingerprint density at radius 2 is 1.88 bits per heavy atom. The Bertz CT molecular complexity index is 751. The van der Waals surface area contributed by atoms with Crippen molar-refractivity contribution in [3.05, 3.63) is 11.1 Å². The Hall–Kier alpha value is -1.44. The van der Waals surface area contributed by atoms with Crippen molar-refractivity contribution >= 4 is 28.6 Å². The van der Waals surface area contributed by atoms with E-state index in [1.807, 2.05) is 0 Å². The van der Waals surface area contributed by atoms with Gasteiger partial charge in [0.05, 0.1) is 13.2 Å². The van der Waals surface area contributed by atoms with E-state index in [4.69, 9.17) is 26.1 Å². The average molecular weight is 366 g/mol. The lowest BCUT2D eigenvalue weighted by Gasteiger charge is -2.28. The monoisotopic (exact) mass is 365 g/mol. The van der Waals surface area contributed by atoms with E-state index in [-0.39, 0.29) is 17.4 Å². The minimum absolute atomic E-state index is 0.0281. The number of fused-ring (bicyclic) bond motifs is 1. The summed E-state index contributed by atoms with van der Waals surface area (Å²) in [6, 6.07) is 0. The van der Waals surface area contributed by atoms with Gasteiger partial charge in [-0.15, -0.1) is 0 Å². The molecule has 1 atom stereocenters. The Balaban J connectivity index is 1.87. The molecule has 0 aromatic carbocycles. The largest absolute Gasteiger partial charge is 0.378 e. The molecule has 2 aromatic heterocycles. The maximum absolute atomic E-state index is 6.28. The van der Waals surface area contributed by atoms with Gasteiger partial charge in [-0.25, -0.2) is 4.98 Å². The van der Waals surface area contributed by atoms with Crippen LogP contribution in [-0.4, -0.2) is 52.4 Å². The molecular formula is C17H24ClN5O2. The summed E-state index contributed by atoms with van der Waals surface area (Å²) in [5.41, 5.74) is 1.58. The van der Waals surface area contributed by atoms with Crippen LogP contribution in [0.4, 0.5) is 5.82 Å². The van der Waals surface area contributed by atoms with Gasteiger partial charge in [-0.2, -0.15) is 9.97 Å². The van der Waals surface area contributed by atoms with Gasteiger partial charge in [0.1, 0.15) is 12.1 Å². The van der Waals surface area contributed by atoms with Crippen molar-refractivity contribution in [1.82, 2.24) is 19.5 Å². The van der Waals surface area contributed by atoms with Crippen molar-refractivity contribution in [2.45, 2.75) is 45.3 Å². The predicted molar refractivity (Wildman–Crippen MR) is 96.3 cm³/mol. The van der Waals surface area contributed by atoms with Crippen LogP contribution >= 0.6 is 11.6 Å². The first-order valence-corrected chi connectivity index (χ1v) is 9.42. The topological polar surface area (TPSA) is 65.3 Å². The highest BCUT2D eigenvalue weighted by atomic mass is 35.5. The smallest absolute Gasteiger partial charge is 0.226 e. The number of hydrogen-bond donors (Lipinski definition) is 0. The van der Waals surface area contributed by atoms with Crippen LogP contribution < -0.4 is 4.90 Å². The Morgan fingerprint density at radius 3 is 2.56 bits per heavy atom. The minimum Gasteiger partial charge on any atom is -0.378 e. The van der Waals surface area contributed by atoms with E-state index in [0.717, 1.165) is 61.8 Å². The van der Waals surface area contributed by atoms with E-state index in [1.54, 1.807) is 0 Å². The number of morpholine rings is 1. The number of ether oxygens (including phenoxy) is 2. The molecule has 0 aliphatic carbocycles. The van der Waals surface area contributed by atoms with Gasteiger partial charge in [0.15, 0.2) is 17.0 Å². The number of nitrogens with zero attached hydrogens (tertiary/aromatic N) is 5. The lowest BCUT2D eigenvalue weighted by atomic mass is 10.1. The van der Waals surface area contributed by atoms with Gasteiger partial charge >= 0.3 is 0 Å². The van der Waals surface area contributed by atoms with Gasteiger partial charge in [0.25, 0.3) is 0 Å². The Labute approximate surface area is 152 Å². The van der Waals surface area contributed by atoms with E-state index in [1.165, 1.54) is 0 Å². The summed E-state index contributed by atoms with van der Waals surface area (Å²) in [5, 5.41) is 0.251. The lowest BCUT2D eigenvalue weighted by molar-refractivity contribution is -0.0317. The molecule has 25 heavy (non-hydrogen) atoms. The fourth-order valence-corrected chi connectivity index (χ4v) is 3.72. The fraction of sp³-hybridized carbons (Fsp3) is 0.706. The zero-order valence-corrected chi connectivity index (χ0v) is 15.5. The van der Waals surface area contributed by atoms with Gasteiger partial charge < -0.3 is 14.4 Å². The average Bonchev–Trinajstić information content (AvgIpc) is 3.02. The third-order valence-electron chi connectivity index (χ3n) is 4.79. The van der Waals surface area contributed by atoms with Crippen LogP contribution in [0, 0.1) is 0 Å². The Morgan fingerprint density at radius 1 is 1.08 bits per heavy atom. The first-order chi connectivity index (χ1) is 12.1. The lowest BCUT2D eigenvalue weighted by Crippen LogP contribution is -2.37. The summed E-state index contributed by atoms with van der Waals surface area (Å²) >= 11 is 6.28. The van der Waals surface area contributed by atoms with Crippen LogP contribution in [-0.2, 0) is 9.47 Å². The number of imidazole rings is 1. The maximum Gasteiger partial charge on any atom is 0.226 e. The van der Waals surface area contributed by atoms with E-state index >= 15 is 0 Å². The van der Waals surface area contributed by atoms with E-state index in [2.05, 4.69) is 33.3 Å². The minimum atomic E-state index is -0.0281. The molecule has 2 aromatic rings. The molecule has 0 spiro atoms. The van der Waals surface area contributed by atoms with Crippen LogP contribution in [0.1, 0.15) is 51.1 Å². The maximum atomic E-state index is 6.28. The molecule has 4 heterocycles. The van der Waals surface area contributed by atoms with Crippen molar-refractivity contribution in [1.29, 1.82) is 0 Å². The van der Waals surface area contributed by atoms with Crippen molar-refractivity contribution < 1.29 is 9.47 Å². The van der Waals surface area contributed by atoms with Crippen LogP contribution in [0.15, 0.2) is 0 Å². The Kier molecular flexibility index (Phi) is 4.80. The molecule has 136 valence electrons. The highest BCUT2D eigenvalue weighted by molar-refractivity contribution is 6.28. The zero-order valence-electron chi connectivity index (χ0n) is 14.7. The second-order valence-electron chi connectivity index (χ2n) is 6.90. The summed E-state index contributed by atoms with van der Waals surface area (Å²) in [5.74, 6) is 2.04. The summed E-state index contributed by atoms with van der Waals surface area (Å²) in [6.45, 7) is 8.00. The van der Waals surface area contributed by atoms with Crippen molar-refractivity contribution in [2.75, 3.05) is 37.8 Å². The molecule has 2 saturated heterocycles. The summed E-state index contributed by atoms with van der Waals surface area (Å²) in [6.07, 6.45) is 3.20. The highest BCUT2D eigenvalue weighted by Crippen LogP contribution is 2.34. The molecule has 7 nitrogen and oxygen atoms in total. The van der Waals surface area contributed by atoms with E-state index < -0.39 is 0 Å². The number of aromatic nitrogens is 4. The molecular weight excluding hydrogens is 342 g/mol. The van der Waals surface area contributed by atoms with Crippen LogP contribution in [0.5, 0.6) is 0 Å². The zero-order chi connectivity index (χ0) is 17.4. The second-order valence-corrected chi connectivity index (χ2v) is 7.24. The standard InChI is InChI=1S/C17H24ClN5O2/c1-11(2)14-19-13-15(22-6-9-24-10-7-22)20-17(18)21-16(13)23(14)12-5-3-4-8-25-12/h11-12H,3-10H2,1-2H3. The normalized spacial score (nSPS) is 22.1. The van der Waals surface area contributed by atoms with E-state index in [9.17, 15) is 0 Å². The van der Waals surface area contributed by atoms with Crippen LogP contribution in [0.3, 0.4) is 0 Å². The third kappa shape index (κ3) is 3.20. The van der Waals surface area contributed by atoms with Crippen LogP contribution in [0.25, 0.3) is 11.2 Å². The molecule has 0 radical (unpaired) electrons. The van der Waals surface area contributed by atoms with Gasteiger partial charge in [-0.1, -0.05) is 13.8 Å². The molecule has 4 rings (SSSR count). The van der Waals surface area contributed by atoms with Gasteiger partial charge in [0.2, 0.25) is 5.28 Å². The molecule has 0 saturated carbocycles. The predicted octanol–water partition coefficient (Wildman–Crippen LogP) is 3.14. The SMILES string of the molecule is CC(C)c1nc2c(N3CCOCC3)nc(Cl)nc2n1C1CCCCO1. The quantitative estimate of drug-likeness (QED) is 0.778. The van der Waals surface area contributed by atoms with Crippen LogP contribution in [0.2, 0.25) is 5.28 Å². The second kappa shape index (κ2) is 7.05. The summed E-state index contributed by atoms with van der Waals surface area (Å²) < 4.78 is 13.6. The fourth-order valence-electron chi connectivity index (χ4n) is 3.56. The number of anilines is 1. The molecule has 0 bridgehead atoms. The van der Waals surface area contributed by atoms with Crippen molar-refractivity contribution in [2.24, 2.45) is 0 Å². The molecule has 2 fully saturated rings. The first kappa shape index (κ1) is 17.0. The first-order valence-electron chi connectivity index (χ1n) is 9.05. The van der Waals surface area contributed by atoms with Gasteiger partial charge in [0, 0.05) is 25.6 Å². The number of rotatable bonds is 3. The third-order valence-corrected chi connectivity index (χ3v) is 4.96. The van der Waals surface area contributed by atoms with Gasteiger partial charge in [-0.05, 0) is 30.9 Å². The van der Waals surface area contributed by atoms with Crippen molar-refractivity contribution in [3.8, 4) is 0 Å². The molecule has 8 heteroatoms. The van der Waals surface area contributed by atoms with Crippen molar-refractivity contribution in [3.63, 3.8) is 0 Å². The molecule has 0 N–H and O–H groups in total. The molecule has 2 aliphatic rings. The molecule has 0 amide bonds. The number of halogens is 1. The van der Waals surface area contributed by atoms with Gasteiger partial charge in [-0.3, -0.25) is 4.57 Å². The van der Waals surface area contributed by atoms with E-state index in [0.29, 0.717) is 13.2 Å². The molecule has 2 aliphatic heterocycles. The highest BCUT2D eigenvalue weighted by Gasteiger charge is 2.28. The summed E-state index contributed by atoms with van der Waals surface area (Å²) in [7, 11) is 0. The number of hydrogen-bond acceptors (Lipinski definition) is 6.